The second-order valence-corrected chi connectivity index (χ2v) is 6.68. The van der Waals surface area contributed by atoms with Gasteiger partial charge in [0.1, 0.15) is 17.3 Å². The molecule has 0 bridgehead atoms. The Labute approximate surface area is 144 Å². The minimum Gasteiger partial charge on any atom is -0.354 e. The molecule has 2 aliphatic rings. The summed E-state index contributed by atoms with van der Waals surface area (Å²) in [6.07, 6.45) is 0. The predicted octanol–water partition coefficient (Wildman–Crippen LogP) is 0.315. The lowest BCUT2D eigenvalue weighted by Gasteiger charge is -2.35. The quantitative estimate of drug-likeness (QED) is 0.794. The van der Waals surface area contributed by atoms with Gasteiger partial charge in [-0.1, -0.05) is 6.92 Å². The summed E-state index contributed by atoms with van der Waals surface area (Å²) in [5.41, 5.74) is 0.528. The maximum Gasteiger partial charge on any atom is 0.272 e. The first-order chi connectivity index (χ1) is 11.6. The van der Waals surface area contributed by atoms with E-state index >= 15 is 0 Å². The van der Waals surface area contributed by atoms with Crippen LogP contribution in [0.4, 0.5) is 5.82 Å². The maximum atomic E-state index is 12.8. The average molecular weight is 332 g/mol. The fraction of sp³-hybridized carbons (Fsp3) is 0.706. The standard InChI is InChI=1S/C17H28N6O/c1-4-21-7-11-22(12-8-21)16-13-15(18-14(2)19-16)17(24)23-9-5-20(3)6-10-23/h13H,4-12H2,1-3H3. The van der Waals surface area contributed by atoms with Crippen molar-refractivity contribution in [3.8, 4) is 0 Å². The SMILES string of the molecule is CCN1CCN(c2cc(C(=O)N3CCN(C)CC3)nc(C)n2)CC1. The molecular formula is C17H28N6O. The van der Waals surface area contributed by atoms with Gasteiger partial charge in [0.15, 0.2) is 0 Å². The Bertz CT molecular complexity index is 576. The Morgan fingerprint density at radius 3 is 2.33 bits per heavy atom. The monoisotopic (exact) mass is 332 g/mol. The Kier molecular flexibility index (Phi) is 5.30. The minimum atomic E-state index is 0.0297. The highest BCUT2D eigenvalue weighted by molar-refractivity contribution is 5.93. The first-order valence-corrected chi connectivity index (χ1v) is 8.87. The van der Waals surface area contributed by atoms with Crippen LogP contribution in [-0.4, -0.2) is 96.5 Å². The van der Waals surface area contributed by atoms with Crippen LogP contribution in [0, 0.1) is 6.92 Å². The summed E-state index contributed by atoms with van der Waals surface area (Å²) in [6, 6.07) is 1.87. The minimum absolute atomic E-state index is 0.0297. The van der Waals surface area contributed by atoms with Crippen LogP contribution < -0.4 is 4.90 Å². The van der Waals surface area contributed by atoms with Crippen molar-refractivity contribution in [2.75, 3.05) is 70.9 Å². The molecule has 0 atom stereocenters. The summed E-state index contributed by atoms with van der Waals surface area (Å²) < 4.78 is 0. The van der Waals surface area contributed by atoms with Crippen LogP contribution in [0.3, 0.4) is 0 Å². The van der Waals surface area contributed by atoms with E-state index < -0.39 is 0 Å². The van der Waals surface area contributed by atoms with Gasteiger partial charge in [-0.25, -0.2) is 9.97 Å². The van der Waals surface area contributed by atoms with Crippen LogP contribution in [0.1, 0.15) is 23.2 Å². The van der Waals surface area contributed by atoms with Crippen molar-refractivity contribution < 1.29 is 4.79 Å². The zero-order chi connectivity index (χ0) is 17.1. The van der Waals surface area contributed by atoms with Crippen molar-refractivity contribution in [2.24, 2.45) is 0 Å². The normalized spacial score (nSPS) is 20.5. The fourth-order valence-corrected chi connectivity index (χ4v) is 3.29. The van der Waals surface area contributed by atoms with Gasteiger partial charge in [-0.3, -0.25) is 4.79 Å². The molecule has 0 aliphatic carbocycles. The Hall–Kier alpha value is -1.73. The highest BCUT2D eigenvalue weighted by atomic mass is 16.2. The number of rotatable bonds is 3. The number of aryl methyl sites for hydroxylation is 1. The van der Waals surface area contributed by atoms with Gasteiger partial charge in [-0.05, 0) is 20.5 Å². The lowest BCUT2D eigenvalue weighted by atomic mass is 10.2. The van der Waals surface area contributed by atoms with Crippen LogP contribution in [0.2, 0.25) is 0 Å². The molecule has 2 aliphatic heterocycles. The number of nitrogens with zero attached hydrogens (tertiary/aromatic N) is 6. The molecule has 2 saturated heterocycles. The molecule has 7 nitrogen and oxygen atoms in total. The van der Waals surface area contributed by atoms with E-state index in [0.717, 1.165) is 64.7 Å². The molecule has 0 spiro atoms. The second-order valence-electron chi connectivity index (χ2n) is 6.68. The van der Waals surface area contributed by atoms with Crippen molar-refractivity contribution in [2.45, 2.75) is 13.8 Å². The summed E-state index contributed by atoms with van der Waals surface area (Å²) in [5, 5.41) is 0. The first-order valence-electron chi connectivity index (χ1n) is 8.87. The second kappa shape index (κ2) is 7.44. The van der Waals surface area contributed by atoms with Crippen molar-refractivity contribution in [3.05, 3.63) is 17.6 Å². The number of aromatic nitrogens is 2. The Morgan fingerprint density at radius 1 is 1.04 bits per heavy atom. The predicted molar refractivity (Wildman–Crippen MR) is 94.5 cm³/mol. The molecule has 132 valence electrons. The number of carbonyl (C=O) groups is 1. The van der Waals surface area contributed by atoms with Gasteiger partial charge in [0, 0.05) is 58.4 Å². The molecule has 0 radical (unpaired) electrons. The largest absolute Gasteiger partial charge is 0.354 e. The molecule has 0 unspecified atom stereocenters. The molecule has 24 heavy (non-hydrogen) atoms. The lowest BCUT2D eigenvalue weighted by molar-refractivity contribution is 0.0658. The van der Waals surface area contributed by atoms with E-state index in [1.165, 1.54) is 0 Å². The average Bonchev–Trinajstić information content (AvgIpc) is 2.61. The number of piperazine rings is 2. The van der Waals surface area contributed by atoms with Gasteiger partial charge >= 0.3 is 0 Å². The van der Waals surface area contributed by atoms with Crippen molar-refractivity contribution in [3.63, 3.8) is 0 Å². The molecule has 3 heterocycles. The molecule has 2 fully saturated rings. The van der Waals surface area contributed by atoms with Crippen LogP contribution in [0.25, 0.3) is 0 Å². The van der Waals surface area contributed by atoms with Crippen LogP contribution in [0.5, 0.6) is 0 Å². The Morgan fingerprint density at radius 2 is 1.71 bits per heavy atom. The lowest BCUT2D eigenvalue weighted by Crippen LogP contribution is -2.48. The summed E-state index contributed by atoms with van der Waals surface area (Å²) in [4.78, 5) is 30.6. The van der Waals surface area contributed by atoms with Gasteiger partial charge in [-0.2, -0.15) is 0 Å². The molecule has 7 heteroatoms. The van der Waals surface area contributed by atoms with Gasteiger partial charge in [0.2, 0.25) is 0 Å². The first kappa shape index (κ1) is 17.1. The summed E-state index contributed by atoms with van der Waals surface area (Å²) in [5.74, 6) is 1.58. The number of likely N-dealkylation sites (N-methyl/N-ethyl adjacent to an activating group) is 2. The number of hydrogen-bond donors (Lipinski definition) is 0. The van der Waals surface area contributed by atoms with E-state index in [-0.39, 0.29) is 5.91 Å². The van der Waals surface area contributed by atoms with Crippen LogP contribution in [-0.2, 0) is 0 Å². The molecule has 1 aromatic rings. The zero-order valence-electron chi connectivity index (χ0n) is 15.0. The van der Waals surface area contributed by atoms with E-state index in [1.807, 2.05) is 17.9 Å². The molecule has 3 rings (SSSR count). The highest BCUT2D eigenvalue weighted by Gasteiger charge is 2.24. The van der Waals surface area contributed by atoms with Gasteiger partial charge in [-0.15, -0.1) is 0 Å². The highest BCUT2D eigenvalue weighted by Crippen LogP contribution is 2.17. The number of amides is 1. The van der Waals surface area contributed by atoms with Crippen LogP contribution >= 0.6 is 0 Å². The third kappa shape index (κ3) is 3.84. The van der Waals surface area contributed by atoms with Crippen molar-refractivity contribution in [1.82, 2.24) is 24.7 Å². The number of anilines is 1. The fourth-order valence-electron chi connectivity index (χ4n) is 3.29. The molecule has 0 aromatic carbocycles. The van der Waals surface area contributed by atoms with Gasteiger partial charge < -0.3 is 19.6 Å². The molecular weight excluding hydrogens is 304 g/mol. The van der Waals surface area contributed by atoms with Crippen molar-refractivity contribution in [1.29, 1.82) is 0 Å². The third-order valence-corrected chi connectivity index (χ3v) is 4.98. The van der Waals surface area contributed by atoms with E-state index in [9.17, 15) is 4.79 Å². The zero-order valence-corrected chi connectivity index (χ0v) is 15.0. The Balaban J connectivity index is 1.73. The summed E-state index contributed by atoms with van der Waals surface area (Å²) in [6.45, 7) is 12.5. The van der Waals surface area contributed by atoms with E-state index in [2.05, 4.69) is 38.6 Å². The maximum absolute atomic E-state index is 12.8. The smallest absolute Gasteiger partial charge is 0.272 e. The van der Waals surface area contributed by atoms with Gasteiger partial charge in [0.25, 0.3) is 5.91 Å². The molecule has 0 saturated carbocycles. The third-order valence-electron chi connectivity index (χ3n) is 4.98. The van der Waals surface area contributed by atoms with Crippen LogP contribution in [0.15, 0.2) is 6.07 Å². The van der Waals surface area contributed by atoms with E-state index in [4.69, 9.17) is 0 Å². The number of carbonyl (C=O) groups excluding carboxylic acids is 1. The van der Waals surface area contributed by atoms with E-state index in [0.29, 0.717) is 11.5 Å². The van der Waals surface area contributed by atoms with E-state index in [1.54, 1.807) is 0 Å². The number of hydrogen-bond acceptors (Lipinski definition) is 6. The van der Waals surface area contributed by atoms with Gasteiger partial charge in [0.05, 0.1) is 0 Å². The van der Waals surface area contributed by atoms with Crippen molar-refractivity contribution >= 4 is 11.7 Å². The summed E-state index contributed by atoms with van der Waals surface area (Å²) in [7, 11) is 2.09. The molecule has 0 N–H and O–H groups in total. The topological polar surface area (TPSA) is 55.8 Å². The summed E-state index contributed by atoms with van der Waals surface area (Å²) >= 11 is 0. The molecule has 1 aromatic heterocycles. The molecule has 1 amide bonds.